The van der Waals surface area contributed by atoms with Crippen molar-refractivity contribution in [1.82, 2.24) is 29.6 Å². The van der Waals surface area contributed by atoms with Crippen LogP contribution in [0.2, 0.25) is 0 Å². The normalized spacial score (nSPS) is 24.5. The average molecular weight is 421 g/mol. The number of nitrogens with zero attached hydrogens (tertiary/aromatic N) is 6. The molecule has 2 aliphatic rings. The number of nitrogens with one attached hydrogen (secondary N) is 1. The molecule has 0 saturated carbocycles. The maximum atomic E-state index is 13.3. The van der Waals surface area contributed by atoms with Crippen LogP contribution in [0.15, 0.2) is 43.2 Å². The summed E-state index contributed by atoms with van der Waals surface area (Å²) in [4.78, 5) is 23.5. The minimum absolute atomic E-state index is 0.106. The highest BCUT2D eigenvalue weighted by atomic mass is 19.1. The molecule has 1 aromatic carbocycles. The number of hydrogen-bond acceptors (Lipinski definition) is 5. The molecule has 8 nitrogen and oxygen atoms in total. The highest BCUT2D eigenvalue weighted by Gasteiger charge is 2.58. The van der Waals surface area contributed by atoms with Gasteiger partial charge in [0, 0.05) is 23.8 Å². The first kappa shape index (κ1) is 19.6. The Balaban J connectivity index is 1.38. The summed E-state index contributed by atoms with van der Waals surface area (Å²) >= 11 is 0. The Kier molecular flexibility index (Phi) is 4.68. The van der Waals surface area contributed by atoms with E-state index in [-0.39, 0.29) is 17.6 Å². The number of aromatic nitrogens is 5. The van der Waals surface area contributed by atoms with Crippen molar-refractivity contribution in [2.24, 2.45) is 5.92 Å². The topological polar surface area (TPSA) is 88.8 Å². The van der Waals surface area contributed by atoms with E-state index in [9.17, 15) is 9.18 Å². The van der Waals surface area contributed by atoms with Crippen molar-refractivity contribution in [1.29, 1.82) is 0 Å². The van der Waals surface area contributed by atoms with Crippen LogP contribution >= 0.6 is 0 Å². The molecule has 1 N–H and O–H groups in total. The molecule has 160 valence electrons. The van der Waals surface area contributed by atoms with Gasteiger partial charge in [0.05, 0.1) is 17.9 Å². The first-order valence-electron chi connectivity index (χ1n) is 10.4. The first-order valence-corrected chi connectivity index (χ1v) is 10.4. The van der Waals surface area contributed by atoms with Gasteiger partial charge < -0.3 is 14.8 Å². The molecule has 3 aromatic rings. The van der Waals surface area contributed by atoms with Gasteiger partial charge in [0.25, 0.3) is 0 Å². The van der Waals surface area contributed by atoms with Crippen molar-refractivity contribution in [3.05, 3.63) is 54.6 Å². The number of urea groups is 1. The second-order valence-corrected chi connectivity index (χ2v) is 8.82. The van der Waals surface area contributed by atoms with E-state index in [4.69, 9.17) is 0 Å². The van der Waals surface area contributed by atoms with Crippen LogP contribution in [-0.2, 0) is 6.54 Å². The molecule has 2 aromatic heterocycles. The zero-order chi connectivity index (χ0) is 21.6. The molecule has 2 bridgehead atoms. The van der Waals surface area contributed by atoms with Gasteiger partial charge in [-0.25, -0.2) is 19.2 Å². The lowest BCUT2D eigenvalue weighted by Crippen LogP contribution is -2.73. The van der Waals surface area contributed by atoms with Crippen LogP contribution in [0.1, 0.15) is 31.7 Å². The van der Waals surface area contributed by atoms with E-state index in [2.05, 4.69) is 32.4 Å². The summed E-state index contributed by atoms with van der Waals surface area (Å²) in [5.41, 5.74) is 2.15. The number of fused-ring (bicyclic) bond motifs is 2. The fourth-order valence-electron chi connectivity index (χ4n) is 5.28. The monoisotopic (exact) mass is 421 g/mol. The van der Waals surface area contributed by atoms with Crippen LogP contribution in [0, 0.1) is 18.7 Å². The lowest BCUT2D eigenvalue weighted by atomic mass is 9.64. The number of carbonyl (C=O) groups excluding carboxylic acids is 1. The number of carbonyl (C=O) groups is 1. The van der Waals surface area contributed by atoms with Gasteiger partial charge in [-0.15, -0.1) is 10.2 Å². The molecule has 2 saturated heterocycles. The molecular weight excluding hydrogens is 397 g/mol. The fraction of sp³-hybridized carbons (Fsp3) is 0.409. The van der Waals surface area contributed by atoms with E-state index in [0.717, 1.165) is 42.8 Å². The Morgan fingerprint density at radius 2 is 1.97 bits per heavy atom. The van der Waals surface area contributed by atoms with Crippen molar-refractivity contribution < 1.29 is 9.18 Å². The van der Waals surface area contributed by atoms with Crippen LogP contribution in [0.3, 0.4) is 0 Å². The molecule has 3 atom stereocenters. The fourth-order valence-corrected chi connectivity index (χ4v) is 5.28. The van der Waals surface area contributed by atoms with E-state index in [0.29, 0.717) is 24.0 Å². The van der Waals surface area contributed by atoms with Gasteiger partial charge >= 0.3 is 6.03 Å². The van der Waals surface area contributed by atoms with Crippen LogP contribution in [0.5, 0.6) is 0 Å². The zero-order valence-corrected chi connectivity index (χ0v) is 17.5. The second kappa shape index (κ2) is 7.40. The molecule has 2 unspecified atom stereocenters. The summed E-state index contributed by atoms with van der Waals surface area (Å²) in [6, 6.07) is 5.75. The molecule has 0 spiro atoms. The Labute approximate surface area is 179 Å². The van der Waals surface area contributed by atoms with E-state index in [1.807, 2.05) is 34.6 Å². The van der Waals surface area contributed by atoms with Crippen molar-refractivity contribution in [3.8, 4) is 11.4 Å². The first-order chi connectivity index (χ1) is 14.9. The van der Waals surface area contributed by atoms with Gasteiger partial charge in [-0.05, 0) is 49.8 Å². The third-order valence-corrected chi connectivity index (χ3v) is 6.41. The number of benzene rings is 1. The summed E-state index contributed by atoms with van der Waals surface area (Å²) in [6.07, 6.45) is 8.65. The summed E-state index contributed by atoms with van der Waals surface area (Å²) < 4.78 is 15.2. The molecular formula is C22H24FN7O. The van der Waals surface area contributed by atoms with E-state index in [1.165, 1.54) is 0 Å². The number of amides is 2. The van der Waals surface area contributed by atoms with Crippen LogP contribution in [0.25, 0.3) is 11.4 Å². The Bertz CT molecular complexity index is 1100. The van der Waals surface area contributed by atoms with Crippen LogP contribution in [0.4, 0.5) is 14.9 Å². The van der Waals surface area contributed by atoms with Crippen LogP contribution in [-0.4, -0.2) is 47.2 Å². The summed E-state index contributed by atoms with van der Waals surface area (Å²) in [5, 5.41) is 10.9. The molecule has 5 rings (SSSR count). The number of piperidine rings is 1. The molecule has 0 radical (unpaired) electrons. The predicted octanol–water partition coefficient (Wildman–Crippen LogP) is 3.66. The third kappa shape index (κ3) is 3.54. The Morgan fingerprint density at radius 1 is 1.23 bits per heavy atom. The van der Waals surface area contributed by atoms with Gasteiger partial charge in [0.1, 0.15) is 12.7 Å². The van der Waals surface area contributed by atoms with Gasteiger partial charge in [-0.3, -0.25) is 0 Å². The summed E-state index contributed by atoms with van der Waals surface area (Å²) in [5.74, 6) is 0.511. The van der Waals surface area contributed by atoms with Crippen molar-refractivity contribution in [2.75, 3.05) is 5.32 Å². The third-order valence-electron chi connectivity index (χ3n) is 6.41. The Hall–Kier alpha value is -3.36. The number of hydrogen-bond donors (Lipinski definition) is 1. The predicted molar refractivity (Wildman–Crippen MR) is 113 cm³/mol. The average Bonchev–Trinajstić information content (AvgIpc) is 3.22. The van der Waals surface area contributed by atoms with Crippen molar-refractivity contribution >= 4 is 11.7 Å². The maximum Gasteiger partial charge on any atom is 0.322 e. The molecule has 9 heteroatoms. The van der Waals surface area contributed by atoms with Gasteiger partial charge in [-0.1, -0.05) is 13.0 Å². The number of halogens is 1. The quantitative estimate of drug-likeness (QED) is 0.695. The van der Waals surface area contributed by atoms with E-state index >= 15 is 0 Å². The summed E-state index contributed by atoms with van der Waals surface area (Å²) in [7, 11) is 0. The number of aryl methyl sites for hydroxylation is 1. The molecule has 0 aliphatic carbocycles. The summed E-state index contributed by atoms with van der Waals surface area (Å²) in [6.45, 7) is 4.87. The standard InChI is InChI=1S/C22H24FN7O/c1-14-5-18-8-22(7-14,11-29-12-26-27-13-29)30(18)21(31)28-17-4-3-15(2)19(6-17)20-24-9-16(23)10-25-20/h3-4,6,9-10,12-14,18H,5,7-8,11H2,1-2H3,(H,28,31)/t14-,18?,22?/m0/s1. The van der Waals surface area contributed by atoms with E-state index < -0.39 is 5.82 Å². The van der Waals surface area contributed by atoms with Gasteiger partial charge in [-0.2, -0.15) is 0 Å². The largest absolute Gasteiger partial charge is 0.322 e. The number of rotatable bonds is 4. The Morgan fingerprint density at radius 3 is 2.71 bits per heavy atom. The smallest absolute Gasteiger partial charge is 0.318 e. The highest BCUT2D eigenvalue weighted by Crippen LogP contribution is 2.50. The minimum Gasteiger partial charge on any atom is -0.318 e. The zero-order valence-electron chi connectivity index (χ0n) is 17.5. The van der Waals surface area contributed by atoms with Crippen molar-refractivity contribution in [3.63, 3.8) is 0 Å². The molecule has 31 heavy (non-hydrogen) atoms. The van der Waals surface area contributed by atoms with E-state index in [1.54, 1.807) is 12.7 Å². The molecule has 4 heterocycles. The lowest BCUT2D eigenvalue weighted by Gasteiger charge is -2.63. The molecule has 2 amide bonds. The lowest BCUT2D eigenvalue weighted by molar-refractivity contribution is -0.0988. The van der Waals surface area contributed by atoms with Crippen LogP contribution < -0.4 is 5.32 Å². The SMILES string of the molecule is Cc1ccc(NC(=O)N2C3C[C@H](C)CC2(Cn2cnnc2)C3)cc1-c1ncc(F)cn1. The minimum atomic E-state index is -0.484. The maximum absolute atomic E-state index is 13.3. The molecule has 2 aliphatic heterocycles. The second-order valence-electron chi connectivity index (χ2n) is 8.82. The van der Waals surface area contributed by atoms with Gasteiger partial charge in [0.2, 0.25) is 0 Å². The highest BCUT2D eigenvalue weighted by molar-refractivity contribution is 5.91. The van der Waals surface area contributed by atoms with Crippen molar-refractivity contribution in [2.45, 2.75) is 51.2 Å². The van der Waals surface area contributed by atoms with Gasteiger partial charge in [0.15, 0.2) is 11.6 Å². The number of anilines is 1. The molecule has 2 fully saturated rings.